The highest BCUT2D eigenvalue weighted by Gasteiger charge is 2.07. The highest BCUT2D eigenvalue weighted by atomic mass is 35.5. The Balaban J connectivity index is 1.41. The van der Waals surface area contributed by atoms with E-state index in [1.54, 1.807) is 24.3 Å². The van der Waals surface area contributed by atoms with Crippen molar-refractivity contribution >= 4 is 28.9 Å². The first-order valence-electron chi connectivity index (χ1n) is 9.94. The molecule has 3 aromatic carbocycles. The number of hydrogen-bond acceptors (Lipinski definition) is 5. The summed E-state index contributed by atoms with van der Waals surface area (Å²) in [6.45, 7) is 0.858. The van der Waals surface area contributed by atoms with Gasteiger partial charge in [0.15, 0.2) is 6.61 Å². The van der Waals surface area contributed by atoms with Gasteiger partial charge in [0.2, 0.25) is 0 Å². The van der Waals surface area contributed by atoms with E-state index in [-0.39, 0.29) is 6.61 Å². The molecular formula is C24H25ClN2O4. The van der Waals surface area contributed by atoms with Crippen LogP contribution in [0.1, 0.15) is 17.2 Å². The smallest absolute Gasteiger partial charge is 0.341 e. The molecule has 0 bridgehead atoms. The van der Waals surface area contributed by atoms with Crippen LogP contribution in [0.2, 0.25) is 5.02 Å². The molecule has 162 valence electrons. The number of anilines is 2. The molecule has 1 atom stereocenters. The molecule has 7 heteroatoms. The number of hydrogen-bond donors (Lipinski definition) is 4. The SMILES string of the molecule is O=C(O)COc1ccc(Nc2ccc(CCNC[C@H](O)c3cccc(Cl)c3)cc2)cc1. The minimum Gasteiger partial charge on any atom is -0.482 e. The van der Waals surface area contributed by atoms with Crippen molar-refractivity contribution < 1.29 is 19.7 Å². The quantitative estimate of drug-likeness (QED) is 0.330. The van der Waals surface area contributed by atoms with Crippen LogP contribution in [-0.2, 0) is 11.2 Å². The molecule has 0 saturated carbocycles. The molecule has 3 aromatic rings. The van der Waals surface area contributed by atoms with Gasteiger partial charge < -0.3 is 25.6 Å². The minimum atomic E-state index is -1.00. The number of aliphatic hydroxyl groups excluding tert-OH is 1. The predicted octanol–water partition coefficient (Wildman–Crippen LogP) is 4.41. The van der Waals surface area contributed by atoms with Crippen molar-refractivity contribution in [2.24, 2.45) is 0 Å². The fraction of sp³-hybridized carbons (Fsp3) is 0.208. The van der Waals surface area contributed by atoms with Gasteiger partial charge >= 0.3 is 5.97 Å². The molecule has 0 saturated heterocycles. The zero-order valence-electron chi connectivity index (χ0n) is 16.9. The second-order valence-corrected chi connectivity index (χ2v) is 7.49. The van der Waals surface area contributed by atoms with Crippen LogP contribution in [0, 0.1) is 0 Å². The van der Waals surface area contributed by atoms with E-state index in [2.05, 4.69) is 22.8 Å². The number of carbonyl (C=O) groups is 1. The highest BCUT2D eigenvalue weighted by molar-refractivity contribution is 6.30. The van der Waals surface area contributed by atoms with Gasteiger partial charge in [0.05, 0.1) is 6.10 Å². The monoisotopic (exact) mass is 440 g/mol. The van der Waals surface area contributed by atoms with Crippen molar-refractivity contribution in [3.63, 3.8) is 0 Å². The Hall–Kier alpha value is -3.06. The van der Waals surface area contributed by atoms with Gasteiger partial charge in [-0.15, -0.1) is 0 Å². The van der Waals surface area contributed by atoms with Crippen molar-refractivity contribution in [3.05, 3.63) is 88.9 Å². The molecule has 4 N–H and O–H groups in total. The van der Waals surface area contributed by atoms with Crippen molar-refractivity contribution in [3.8, 4) is 5.75 Å². The summed E-state index contributed by atoms with van der Waals surface area (Å²) in [5, 5.41) is 26.1. The fourth-order valence-electron chi connectivity index (χ4n) is 3.00. The Morgan fingerprint density at radius 1 is 1.00 bits per heavy atom. The summed E-state index contributed by atoms with van der Waals surface area (Å²) in [5.74, 6) is -0.494. The number of benzene rings is 3. The first kappa shape index (κ1) is 22.6. The van der Waals surface area contributed by atoms with E-state index in [1.165, 1.54) is 5.56 Å². The minimum absolute atomic E-state index is 0.358. The van der Waals surface area contributed by atoms with Crippen LogP contribution in [0.15, 0.2) is 72.8 Å². The molecule has 0 amide bonds. The van der Waals surface area contributed by atoms with Crippen LogP contribution < -0.4 is 15.4 Å². The first-order chi connectivity index (χ1) is 15.0. The number of carboxylic acid groups (broad SMARTS) is 1. The van der Waals surface area contributed by atoms with Gasteiger partial charge in [-0.25, -0.2) is 4.79 Å². The highest BCUT2D eigenvalue weighted by Crippen LogP contribution is 2.21. The topological polar surface area (TPSA) is 90.8 Å². The van der Waals surface area contributed by atoms with Gasteiger partial charge in [0.25, 0.3) is 0 Å². The molecule has 0 aliphatic rings. The standard InChI is InChI=1S/C24H25ClN2O4/c25-19-3-1-2-18(14-19)23(28)15-26-13-12-17-4-6-20(7-5-17)27-21-8-10-22(11-9-21)31-16-24(29)30/h1-11,14,23,26-28H,12-13,15-16H2,(H,29,30)/t23-/m0/s1. The van der Waals surface area contributed by atoms with Crippen LogP contribution in [0.25, 0.3) is 0 Å². The van der Waals surface area contributed by atoms with Crippen molar-refractivity contribution in [2.75, 3.05) is 25.0 Å². The molecule has 0 aliphatic carbocycles. The average Bonchev–Trinajstić information content (AvgIpc) is 2.77. The molecule has 31 heavy (non-hydrogen) atoms. The lowest BCUT2D eigenvalue weighted by atomic mass is 10.1. The zero-order chi connectivity index (χ0) is 22.1. The summed E-state index contributed by atoms with van der Waals surface area (Å²) in [6, 6.07) is 22.5. The van der Waals surface area contributed by atoms with Gasteiger partial charge in [-0.1, -0.05) is 35.9 Å². The summed E-state index contributed by atoms with van der Waals surface area (Å²) < 4.78 is 5.13. The number of aliphatic hydroxyl groups is 1. The lowest BCUT2D eigenvalue weighted by Crippen LogP contribution is -2.23. The molecule has 0 fully saturated rings. The van der Waals surface area contributed by atoms with Crippen molar-refractivity contribution in [1.82, 2.24) is 5.32 Å². The lowest BCUT2D eigenvalue weighted by Gasteiger charge is -2.13. The van der Waals surface area contributed by atoms with Crippen LogP contribution in [0.4, 0.5) is 11.4 Å². The number of halogens is 1. The zero-order valence-corrected chi connectivity index (χ0v) is 17.7. The summed E-state index contributed by atoms with van der Waals surface area (Å²) in [4.78, 5) is 10.5. The lowest BCUT2D eigenvalue weighted by molar-refractivity contribution is -0.139. The number of nitrogens with one attached hydrogen (secondary N) is 2. The van der Waals surface area contributed by atoms with E-state index < -0.39 is 12.1 Å². The van der Waals surface area contributed by atoms with Gasteiger partial charge in [-0.2, -0.15) is 0 Å². The Kier molecular flexibility index (Phi) is 8.29. The van der Waals surface area contributed by atoms with Crippen LogP contribution in [0.3, 0.4) is 0 Å². The molecule has 3 rings (SSSR count). The second kappa shape index (κ2) is 11.4. The maximum atomic E-state index is 10.5. The Morgan fingerprint density at radius 2 is 1.68 bits per heavy atom. The van der Waals surface area contributed by atoms with E-state index >= 15 is 0 Å². The molecule has 0 radical (unpaired) electrons. The number of ether oxygens (including phenoxy) is 1. The third-order valence-electron chi connectivity index (χ3n) is 4.62. The largest absolute Gasteiger partial charge is 0.482 e. The van der Waals surface area contributed by atoms with Gasteiger partial charge in [-0.05, 0) is 72.6 Å². The van der Waals surface area contributed by atoms with Crippen LogP contribution >= 0.6 is 11.6 Å². The molecule has 0 spiro atoms. The Labute approximate surface area is 186 Å². The van der Waals surface area contributed by atoms with Crippen molar-refractivity contribution in [1.29, 1.82) is 0 Å². The molecule has 6 nitrogen and oxygen atoms in total. The van der Waals surface area contributed by atoms with E-state index in [0.717, 1.165) is 29.9 Å². The summed E-state index contributed by atoms with van der Waals surface area (Å²) >= 11 is 5.96. The van der Waals surface area contributed by atoms with E-state index in [4.69, 9.17) is 21.4 Å². The average molecular weight is 441 g/mol. The third-order valence-corrected chi connectivity index (χ3v) is 4.86. The Morgan fingerprint density at radius 3 is 2.32 bits per heavy atom. The first-order valence-corrected chi connectivity index (χ1v) is 10.3. The van der Waals surface area contributed by atoms with Crippen molar-refractivity contribution in [2.45, 2.75) is 12.5 Å². The molecule has 0 aromatic heterocycles. The maximum Gasteiger partial charge on any atom is 0.341 e. The number of rotatable bonds is 11. The molecular weight excluding hydrogens is 416 g/mol. The molecule has 0 unspecified atom stereocenters. The fourth-order valence-corrected chi connectivity index (χ4v) is 3.20. The van der Waals surface area contributed by atoms with E-state index in [9.17, 15) is 9.90 Å². The number of aliphatic carboxylic acids is 1. The normalized spacial score (nSPS) is 11.7. The summed E-state index contributed by atoms with van der Waals surface area (Å²) in [7, 11) is 0. The number of carboxylic acids is 1. The molecule has 0 heterocycles. The Bertz CT molecular complexity index is 978. The van der Waals surface area contributed by atoms with Crippen LogP contribution in [0.5, 0.6) is 5.75 Å². The van der Waals surface area contributed by atoms with E-state index in [0.29, 0.717) is 17.3 Å². The molecule has 0 aliphatic heterocycles. The van der Waals surface area contributed by atoms with Gasteiger partial charge in [0, 0.05) is 22.9 Å². The predicted molar refractivity (Wildman–Crippen MR) is 122 cm³/mol. The second-order valence-electron chi connectivity index (χ2n) is 7.05. The maximum absolute atomic E-state index is 10.5. The van der Waals surface area contributed by atoms with Gasteiger partial charge in [0.1, 0.15) is 5.75 Å². The van der Waals surface area contributed by atoms with Crippen LogP contribution in [-0.4, -0.2) is 35.9 Å². The van der Waals surface area contributed by atoms with E-state index in [1.807, 2.05) is 36.4 Å². The third kappa shape index (κ3) is 7.61. The summed E-state index contributed by atoms with van der Waals surface area (Å²) in [6.07, 6.45) is 0.254. The van der Waals surface area contributed by atoms with Gasteiger partial charge in [-0.3, -0.25) is 0 Å². The summed E-state index contributed by atoms with van der Waals surface area (Å²) in [5.41, 5.74) is 3.82.